The molecule has 0 amide bonds. The van der Waals surface area contributed by atoms with Crippen LogP contribution in [0.5, 0.6) is 0 Å². The second-order valence-corrected chi connectivity index (χ2v) is 5.63. The van der Waals surface area contributed by atoms with Gasteiger partial charge in [-0.25, -0.2) is 4.68 Å². The van der Waals surface area contributed by atoms with Crippen LogP contribution in [-0.4, -0.2) is 15.8 Å². The van der Waals surface area contributed by atoms with Crippen molar-refractivity contribution < 1.29 is 0 Å². The molecule has 1 aliphatic carbocycles. The van der Waals surface area contributed by atoms with Crippen LogP contribution in [0.15, 0.2) is 36.7 Å². The second-order valence-electron chi connectivity index (χ2n) is 4.39. The van der Waals surface area contributed by atoms with E-state index in [-0.39, 0.29) is 0 Å². The second kappa shape index (κ2) is 4.78. The van der Waals surface area contributed by atoms with Crippen molar-refractivity contribution in [3.05, 3.63) is 45.8 Å². The molecule has 3 rings (SSSR count). The van der Waals surface area contributed by atoms with Crippen molar-refractivity contribution in [1.29, 1.82) is 0 Å². The quantitative estimate of drug-likeness (QED) is 0.868. The summed E-state index contributed by atoms with van der Waals surface area (Å²) in [5.74, 6) is 0. The minimum Gasteiger partial charge on any atom is -0.310 e. The Hall–Kier alpha value is -0.880. The summed E-state index contributed by atoms with van der Waals surface area (Å²) in [7, 11) is 0. The summed E-state index contributed by atoms with van der Waals surface area (Å²) in [6.45, 7) is 0.928. The highest BCUT2D eigenvalue weighted by Gasteiger charge is 2.20. The van der Waals surface area contributed by atoms with Gasteiger partial charge in [0.2, 0.25) is 0 Å². The Kier molecular flexibility index (Phi) is 3.15. The lowest BCUT2D eigenvalue weighted by atomic mass is 10.2. The highest BCUT2D eigenvalue weighted by atomic mass is 127. The lowest BCUT2D eigenvalue weighted by molar-refractivity contribution is 0.681. The van der Waals surface area contributed by atoms with Gasteiger partial charge in [0.25, 0.3) is 0 Å². The minimum atomic E-state index is 0.737. The van der Waals surface area contributed by atoms with Crippen molar-refractivity contribution in [2.24, 2.45) is 0 Å². The summed E-state index contributed by atoms with van der Waals surface area (Å²) in [6.07, 6.45) is 6.58. The maximum atomic E-state index is 4.37. The van der Waals surface area contributed by atoms with Crippen LogP contribution in [0.1, 0.15) is 18.4 Å². The van der Waals surface area contributed by atoms with Gasteiger partial charge in [0.1, 0.15) is 0 Å². The Morgan fingerprint density at radius 3 is 2.88 bits per heavy atom. The maximum absolute atomic E-state index is 4.37. The van der Waals surface area contributed by atoms with Gasteiger partial charge >= 0.3 is 0 Å². The molecule has 0 spiro atoms. The molecule has 1 N–H and O–H groups in total. The average Bonchev–Trinajstić information content (AvgIpc) is 3.08. The Bertz CT molecular complexity index is 517. The lowest BCUT2D eigenvalue weighted by Gasteiger charge is -2.09. The molecule has 0 radical (unpaired) electrons. The molecule has 0 bridgehead atoms. The van der Waals surface area contributed by atoms with Crippen molar-refractivity contribution >= 4 is 22.6 Å². The van der Waals surface area contributed by atoms with Gasteiger partial charge in [-0.2, -0.15) is 5.10 Å². The van der Waals surface area contributed by atoms with Crippen LogP contribution >= 0.6 is 22.6 Å². The third-order valence-corrected chi connectivity index (χ3v) is 3.51. The van der Waals surface area contributed by atoms with E-state index in [1.54, 1.807) is 0 Å². The van der Waals surface area contributed by atoms with Crippen LogP contribution < -0.4 is 5.32 Å². The predicted molar refractivity (Wildman–Crippen MR) is 76.1 cm³/mol. The number of nitrogens with zero attached hydrogens (tertiary/aromatic N) is 2. The Labute approximate surface area is 114 Å². The molecule has 0 atom stereocenters. The van der Waals surface area contributed by atoms with Gasteiger partial charge in [-0.3, -0.25) is 0 Å². The summed E-state index contributed by atoms with van der Waals surface area (Å²) in [5.41, 5.74) is 2.47. The number of aromatic nitrogens is 2. The SMILES string of the molecule is Ic1cnn(-c2ccccc2CNC2CC2)c1. The predicted octanol–water partition coefficient (Wildman–Crippen LogP) is 2.73. The zero-order valence-electron chi connectivity index (χ0n) is 9.44. The van der Waals surface area contributed by atoms with Gasteiger partial charge in [-0.15, -0.1) is 0 Å². The van der Waals surface area contributed by atoms with E-state index >= 15 is 0 Å². The molecular formula is C13H14IN3. The molecule has 1 aliphatic rings. The van der Waals surface area contributed by atoms with Crippen LogP contribution in [0.25, 0.3) is 5.69 Å². The highest BCUT2D eigenvalue weighted by Crippen LogP contribution is 2.21. The monoisotopic (exact) mass is 339 g/mol. The zero-order valence-corrected chi connectivity index (χ0v) is 11.6. The molecule has 1 saturated carbocycles. The van der Waals surface area contributed by atoms with E-state index in [1.165, 1.54) is 24.1 Å². The Morgan fingerprint density at radius 1 is 1.35 bits per heavy atom. The number of hydrogen-bond donors (Lipinski definition) is 1. The molecule has 1 fully saturated rings. The molecule has 17 heavy (non-hydrogen) atoms. The first-order valence-electron chi connectivity index (χ1n) is 5.85. The third kappa shape index (κ3) is 2.69. The Morgan fingerprint density at radius 2 is 2.18 bits per heavy atom. The molecule has 1 aromatic carbocycles. The first kappa shape index (κ1) is 11.2. The molecule has 3 nitrogen and oxygen atoms in total. The fraction of sp³-hybridized carbons (Fsp3) is 0.308. The number of halogens is 1. The molecule has 2 aromatic rings. The Balaban J connectivity index is 1.86. The molecule has 1 aromatic heterocycles. The highest BCUT2D eigenvalue weighted by molar-refractivity contribution is 14.1. The van der Waals surface area contributed by atoms with E-state index in [0.29, 0.717) is 0 Å². The fourth-order valence-electron chi connectivity index (χ4n) is 1.86. The standard InChI is InChI=1S/C13H14IN3/c14-11-8-16-17(9-11)13-4-2-1-3-10(13)7-15-12-5-6-12/h1-4,8-9,12,15H,5-7H2. The summed E-state index contributed by atoms with van der Waals surface area (Å²) in [6, 6.07) is 9.17. The molecule has 88 valence electrons. The molecule has 1 heterocycles. The largest absolute Gasteiger partial charge is 0.310 e. The minimum absolute atomic E-state index is 0.737. The molecular weight excluding hydrogens is 325 g/mol. The van der Waals surface area contributed by atoms with E-state index in [4.69, 9.17) is 0 Å². The van der Waals surface area contributed by atoms with E-state index in [9.17, 15) is 0 Å². The maximum Gasteiger partial charge on any atom is 0.0690 e. The van der Waals surface area contributed by atoms with Crippen molar-refractivity contribution in [3.8, 4) is 5.69 Å². The summed E-state index contributed by atoms with van der Waals surface area (Å²) >= 11 is 2.28. The van der Waals surface area contributed by atoms with Crippen molar-refractivity contribution in [2.45, 2.75) is 25.4 Å². The van der Waals surface area contributed by atoms with Gasteiger partial charge in [0.15, 0.2) is 0 Å². The summed E-state index contributed by atoms with van der Waals surface area (Å²) in [4.78, 5) is 0. The lowest BCUT2D eigenvalue weighted by Crippen LogP contribution is -2.16. The topological polar surface area (TPSA) is 29.9 Å². The number of hydrogen-bond acceptors (Lipinski definition) is 2. The van der Waals surface area contributed by atoms with Crippen LogP contribution in [0, 0.1) is 3.57 Å². The van der Waals surface area contributed by atoms with Crippen molar-refractivity contribution in [3.63, 3.8) is 0 Å². The molecule has 0 aliphatic heterocycles. The van der Waals surface area contributed by atoms with Gasteiger partial charge in [-0.05, 0) is 47.1 Å². The third-order valence-electron chi connectivity index (χ3n) is 2.95. The van der Waals surface area contributed by atoms with Gasteiger partial charge < -0.3 is 5.32 Å². The average molecular weight is 339 g/mol. The first-order chi connectivity index (χ1) is 8.33. The van der Waals surface area contributed by atoms with Gasteiger partial charge in [-0.1, -0.05) is 18.2 Å². The number of rotatable bonds is 4. The van der Waals surface area contributed by atoms with E-state index in [2.05, 4.69) is 63.5 Å². The van der Waals surface area contributed by atoms with Crippen molar-refractivity contribution in [2.75, 3.05) is 0 Å². The van der Waals surface area contributed by atoms with E-state index in [1.807, 2.05) is 10.9 Å². The van der Waals surface area contributed by atoms with Crippen LogP contribution in [0.3, 0.4) is 0 Å². The molecule has 0 unspecified atom stereocenters. The van der Waals surface area contributed by atoms with Crippen molar-refractivity contribution in [1.82, 2.24) is 15.1 Å². The van der Waals surface area contributed by atoms with E-state index in [0.717, 1.165) is 16.2 Å². The summed E-state index contributed by atoms with van der Waals surface area (Å²) in [5, 5.41) is 7.92. The fourth-order valence-corrected chi connectivity index (χ4v) is 2.25. The van der Waals surface area contributed by atoms with Crippen LogP contribution in [-0.2, 0) is 6.54 Å². The normalized spacial score (nSPS) is 15.1. The number of nitrogens with one attached hydrogen (secondary N) is 1. The van der Waals surface area contributed by atoms with Crippen LogP contribution in [0.4, 0.5) is 0 Å². The first-order valence-corrected chi connectivity index (χ1v) is 6.92. The molecule has 0 saturated heterocycles. The van der Waals surface area contributed by atoms with Crippen LogP contribution in [0.2, 0.25) is 0 Å². The smallest absolute Gasteiger partial charge is 0.0690 e. The number of para-hydroxylation sites is 1. The molecule has 4 heteroatoms. The van der Waals surface area contributed by atoms with Gasteiger partial charge in [0.05, 0.1) is 15.5 Å². The summed E-state index contributed by atoms with van der Waals surface area (Å²) < 4.78 is 3.11. The van der Waals surface area contributed by atoms with Gasteiger partial charge in [0, 0.05) is 18.8 Å². The number of benzene rings is 1. The van der Waals surface area contributed by atoms with E-state index < -0.39 is 0 Å². The zero-order chi connectivity index (χ0) is 11.7.